The second kappa shape index (κ2) is 4.32. The summed E-state index contributed by atoms with van der Waals surface area (Å²) in [6, 6.07) is 3.06. The first-order chi connectivity index (χ1) is 7.09. The molecule has 1 aliphatic rings. The van der Waals surface area contributed by atoms with Crippen molar-refractivity contribution in [2.45, 2.75) is 18.7 Å². The Hall–Kier alpha value is -0.250. The van der Waals surface area contributed by atoms with Crippen LogP contribution < -0.4 is 5.73 Å². The molecule has 0 aromatic heterocycles. The molecule has 2 rings (SSSR count). The van der Waals surface area contributed by atoms with E-state index in [9.17, 15) is 4.39 Å². The lowest BCUT2D eigenvalue weighted by Crippen LogP contribution is -2.20. The van der Waals surface area contributed by atoms with Gasteiger partial charge in [0.2, 0.25) is 0 Å². The van der Waals surface area contributed by atoms with Crippen LogP contribution in [0.2, 0.25) is 5.02 Å². The van der Waals surface area contributed by atoms with Crippen LogP contribution in [0.3, 0.4) is 0 Å². The molecular formula is C11H13ClFNS. The predicted molar refractivity (Wildman–Crippen MR) is 63.7 cm³/mol. The van der Waals surface area contributed by atoms with E-state index in [1.54, 1.807) is 17.8 Å². The van der Waals surface area contributed by atoms with Gasteiger partial charge in [0.25, 0.3) is 0 Å². The van der Waals surface area contributed by atoms with Gasteiger partial charge in [-0.05, 0) is 29.4 Å². The average molecular weight is 246 g/mol. The minimum Gasteiger partial charge on any atom is -0.324 e. The monoisotopic (exact) mass is 245 g/mol. The Balaban J connectivity index is 2.53. The van der Waals surface area contributed by atoms with Gasteiger partial charge in [0.1, 0.15) is 5.82 Å². The first-order valence-electron chi connectivity index (χ1n) is 4.90. The number of hydrogen-bond donors (Lipinski definition) is 1. The molecule has 0 spiro atoms. The second-order valence-corrected chi connectivity index (χ2v) is 5.44. The van der Waals surface area contributed by atoms with Crippen molar-refractivity contribution in [2.75, 3.05) is 5.75 Å². The summed E-state index contributed by atoms with van der Waals surface area (Å²) in [4.78, 5) is 0. The number of benzene rings is 1. The normalized spacial score (nSPS) is 25.9. The van der Waals surface area contributed by atoms with Gasteiger partial charge in [-0.15, -0.1) is 0 Å². The van der Waals surface area contributed by atoms with Crippen molar-refractivity contribution in [3.8, 4) is 0 Å². The highest BCUT2D eigenvalue weighted by atomic mass is 35.5. The van der Waals surface area contributed by atoms with E-state index < -0.39 is 0 Å². The molecular weight excluding hydrogens is 233 g/mol. The Morgan fingerprint density at radius 3 is 3.00 bits per heavy atom. The van der Waals surface area contributed by atoms with Gasteiger partial charge in [-0.1, -0.05) is 18.5 Å². The van der Waals surface area contributed by atoms with Crippen molar-refractivity contribution < 1.29 is 4.39 Å². The zero-order valence-electron chi connectivity index (χ0n) is 8.47. The molecule has 0 saturated carbocycles. The molecule has 4 heteroatoms. The van der Waals surface area contributed by atoms with Crippen molar-refractivity contribution >= 4 is 23.4 Å². The quantitative estimate of drug-likeness (QED) is 0.759. The fraction of sp³-hybridized carbons (Fsp3) is 0.455. The van der Waals surface area contributed by atoms with Crippen molar-refractivity contribution in [1.29, 1.82) is 0 Å². The van der Waals surface area contributed by atoms with E-state index in [0.717, 1.165) is 16.9 Å². The van der Waals surface area contributed by atoms with E-state index in [1.165, 1.54) is 6.07 Å². The van der Waals surface area contributed by atoms with Gasteiger partial charge < -0.3 is 5.73 Å². The topological polar surface area (TPSA) is 26.0 Å². The molecule has 1 nitrogen and oxygen atoms in total. The summed E-state index contributed by atoms with van der Waals surface area (Å²) in [5, 5.41) is 0.431. The van der Waals surface area contributed by atoms with Crippen LogP contribution in [0.1, 0.15) is 24.1 Å². The number of halogens is 2. The third kappa shape index (κ3) is 2.14. The van der Waals surface area contributed by atoms with Gasteiger partial charge in [-0.2, -0.15) is 11.8 Å². The molecule has 1 aromatic carbocycles. The molecule has 0 fully saturated rings. The maximum absolute atomic E-state index is 13.7. The molecule has 0 saturated heterocycles. The van der Waals surface area contributed by atoms with Crippen LogP contribution in [0.5, 0.6) is 0 Å². The number of nitrogens with two attached hydrogens (primary N) is 1. The third-order valence-corrected chi connectivity index (χ3v) is 4.27. The Morgan fingerprint density at radius 1 is 1.53 bits per heavy atom. The minimum absolute atomic E-state index is 0.108. The zero-order valence-corrected chi connectivity index (χ0v) is 10.0. The van der Waals surface area contributed by atoms with Crippen LogP contribution >= 0.6 is 23.4 Å². The van der Waals surface area contributed by atoms with E-state index in [2.05, 4.69) is 6.92 Å². The summed E-state index contributed by atoms with van der Waals surface area (Å²) in [5.74, 6) is 1.78. The van der Waals surface area contributed by atoms with Gasteiger partial charge in [0, 0.05) is 22.4 Å². The Labute approximate surface area is 98.2 Å². The summed E-state index contributed by atoms with van der Waals surface area (Å²) in [7, 11) is 0. The molecule has 0 amide bonds. The van der Waals surface area contributed by atoms with Crippen LogP contribution in [0.4, 0.5) is 4.39 Å². The predicted octanol–water partition coefficient (Wildman–Crippen LogP) is 3.36. The number of rotatable bonds is 0. The molecule has 2 unspecified atom stereocenters. The smallest absolute Gasteiger partial charge is 0.129 e. The maximum Gasteiger partial charge on any atom is 0.129 e. The number of hydrogen-bond acceptors (Lipinski definition) is 2. The van der Waals surface area contributed by atoms with Gasteiger partial charge in [-0.25, -0.2) is 4.39 Å². The fourth-order valence-corrected chi connectivity index (χ4v) is 3.25. The van der Waals surface area contributed by atoms with Gasteiger partial charge in [0.05, 0.1) is 0 Å². The first kappa shape index (κ1) is 11.2. The van der Waals surface area contributed by atoms with Crippen LogP contribution in [-0.4, -0.2) is 5.75 Å². The van der Waals surface area contributed by atoms with E-state index >= 15 is 0 Å². The average Bonchev–Trinajstić information content (AvgIpc) is 2.30. The number of thioether (sulfide) groups is 1. The summed E-state index contributed by atoms with van der Waals surface area (Å²) >= 11 is 7.57. The summed E-state index contributed by atoms with van der Waals surface area (Å²) in [5.41, 5.74) is 7.69. The highest BCUT2D eigenvalue weighted by molar-refractivity contribution is 7.98. The molecule has 1 aliphatic heterocycles. The van der Waals surface area contributed by atoms with Crippen LogP contribution in [-0.2, 0) is 5.75 Å². The SMILES string of the molecule is CC1CSCc2c(F)cc(Cl)cc2C1N. The van der Waals surface area contributed by atoms with E-state index in [-0.39, 0.29) is 11.9 Å². The highest BCUT2D eigenvalue weighted by Gasteiger charge is 2.24. The fourth-order valence-electron chi connectivity index (χ4n) is 1.83. The largest absolute Gasteiger partial charge is 0.324 e. The summed E-state index contributed by atoms with van der Waals surface area (Å²) in [6.07, 6.45) is 0. The molecule has 0 radical (unpaired) electrons. The molecule has 0 bridgehead atoms. The molecule has 1 aromatic rings. The van der Waals surface area contributed by atoms with E-state index in [4.69, 9.17) is 17.3 Å². The molecule has 82 valence electrons. The highest BCUT2D eigenvalue weighted by Crippen LogP contribution is 2.35. The molecule has 2 atom stereocenters. The summed E-state index contributed by atoms with van der Waals surface area (Å²) in [6.45, 7) is 2.09. The Kier molecular flexibility index (Phi) is 3.24. The first-order valence-corrected chi connectivity index (χ1v) is 6.44. The molecule has 0 aliphatic carbocycles. The van der Waals surface area contributed by atoms with Crippen molar-refractivity contribution in [2.24, 2.45) is 11.7 Å². The second-order valence-electron chi connectivity index (χ2n) is 3.97. The number of fused-ring (bicyclic) bond motifs is 1. The minimum atomic E-state index is -0.227. The van der Waals surface area contributed by atoms with Crippen LogP contribution in [0.25, 0.3) is 0 Å². The molecule has 2 N–H and O–H groups in total. The third-order valence-electron chi connectivity index (χ3n) is 2.79. The summed E-state index contributed by atoms with van der Waals surface area (Å²) < 4.78 is 13.7. The standard InChI is InChI=1S/C11H13ClFNS/c1-6-4-15-5-9-8(11(6)14)2-7(12)3-10(9)13/h2-3,6,11H,4-5,14H2,1H3. The lowest BCUT2D eigenvalue weighted by molar-refractivity contribution is 0.518. The Bertz CT molecular complexity index is 383. The lowest BCUT2D eigenvalue weighted by Gasteiger charge is -2.18. The van der Waals surface area contributed by atoms with Crippen LogP contribution in [0, 0.1) is 11.7 Å². The maximum atomic E-state index is 13.7. The van der Waals surface area contributed by atoms with E-state index in [1.807, 2.05) is 0 Å². The van der Waals surface area contributed by atoms with Crippen molar-refractivity contribution in [3.05, 3.63) is 34.1 Å². The van der Waals surface area contributed by atoms with E-state index in [0.29, 0.717) is 16.7 Å². The molecule has 15 heavy (non-hydrogen) atoms. The molecule has 1 heterocycles. The van der Waals surface area contributed by atoms with Crippen molar-refractivity contribution in [3.63, 3.8) is 0 Å². The zero-order chi connectivity index (χ0) is 11.0. The van der Waals surface area contributed by atoms with Crippen molar-refractivity contribution in [1.82, 2.24) is 0 Å². The van der Waals surface area contributed by atoms with Crippen LogP contribution in [0.15, 0.2) is 12.1 Å². The lowest BCUT2D eigenvalue weighted by atomic mass is 9.93. The van der Waals surface area contributed by atoms with Gasteiger partial charge in [-0.3, -0.25) is 0 Å². The van der Waals surface area contributed by atoms with Gasteiger partial charge in [0.15, 0.2) is 0 Å². The van der Waals surface area contributed by atoms with Gasteiger partial charge >= 0.3 is 0 Å². The Morgan fingerprint density at radius 2 is 2.27 bits per heavy atom.